The predicted molar refractivity (Wildman–Crippen MR) is 36.8 cm³/mol. The Labute approximate surface area is 68.6 Å². The van der Waals surface area contributed by atoms with Gasteiger partial charge in [-0.3, -0.25) is 0 Å². The second-order valence-electron chi connectivity index (χ2n) is 2.75. The van der Waals surface area contributed by atoms with E-state index in [9.17, 15) is 4.39 Å². The topological polar surface area (TPSA) is 95.9 Å². The average molecular weight is 181 g/mol. The van der Waals surface area contributed by atoms with E-state index >= 15 is 0 Å². The van der Waals surface area contributed by atoms with Crippen molar-refractivity contribution in [2.24, 2.45) is 5.73 Å². The van der Waals surface area contributed by atoms with Crippen LogP contribution in [-0.2, 0) is 4.74 Å². The van der Waals surface area contributed by atoms with Crippen LogP contribution in [0, 0.1) is 0 Å². The number of halogens is 1. The van der Waals surface area contributed by atoms with Crippen molar-refractivity contribution in [3.63, 3.8) is 0 Å². The lowest BCUT2D eigenvalue weighted by Crippen LogP contribution is -2.59. The predicted octanol–water partition coefficient (Wildman–Crippen LogP) is -2.28. The summed E-state index contributed by atoms with van der Waals surface area (Å²) in [7, 11) is 0. The summed E-state index contributed by atoms with van der Waals surface area (Å²) in [5, 5.41) is 26.7. The largest absolute Gasteiger partial charge is 0.394 e. The van der Waals surface area contributed by atoms with E-state index in [0.29, 0.717) is 0 Å². The van der Waals surface area contributed by atoms with E-state index in [4.69, 9.17) is 21.1 Å². The minimum atomic E-state index is -1.82. The fourth-order valence-electron chi connectivity index (χ4n) is 1.11. The molecule has 1 rings (SSSR count). The highest BCUT2D eigenvalue weighted by Gasteiger charge is 2.42. The standard InChI is InChI=1S/C6H12FNO4/c7-3-5(11)4(10)2(1-9)12-6(3)8/h2-6,9-11H,1,8H2. The van der Waals surface area contributed by atoms with Crippen molar-refractivity contribution in [2.45, 2.75) is 30.7 Å². The molecule has 0 bridgehead atoms. The van der Waals surface area contributed by atoms with E-state index in [1.165, 1.54) is 0 Å². The minimum Gasteiger partial charge on any atom is -0.394 e. The van der Waals surface area contributed by atoms with E-state index in [1.807, 2.05) is 0 Å². The third-order valence-electron chi connectivity index (χ3n) is 1.88. The molecule has 1 aliphatic heterocycles. The average Bonchev–Trinajstić information content (AvgIpc) is 2.08. The molecule has 1 saturated heterocycles. The van der Waals surface area contributed by atoms with Gasteiger partial charge in [0.25, 0.3) is 0 Å². The van der Waals surface area contributed by atoms with E-state index in [0.717, 1.165) is 0 Å². The molecule has 12 heavy (non-hydrogen) atoms. The Kier molecular flexibility index (Phi) is 2.97. The van der Waals surface area contributed by atoms with Gasteiger partial charge >= 0.3 is 0 Å². The van der Waals surface area contributed by atoms with Crippen LogP contribution in [0.5, 0.6) is 0 Å². The maximum Gasteiger partial charge on any atom is 0.168 e. The second-order valence-corrected chi connectivity index (χ2v) is 2.75. The summed E-state index contributed by atoms with van der Waals surface area (Å²) in [6.07, 6.45) is -7.14. The van der Waals surface area contributed by atoms with Gasteiger partial charge in [-0.05, 0) is 0 Å². The van der Waals surface area contributed by atoms with Crippen LogP contribution in [0.15, 0.2) is 0 Å². The van der Waals surface area contributed by atoms with Crippen LogP contribution in [-0.4, -0.2) is 52.6 Å². The van der Waals surface area contributed by atoms with Crippen molar-refractivity contribution >= 4 is 0 Å². The summed E-state index contributed by atoms with van der Waals surface area (Å²) in [5.74, 6) is 0. The van der Waals surface area contributed by atoms with Gasteiger partial charge < -0.3 is 25.8 Å². The number of alkyl halides is 1. The third kappa shape index (κ3) is 1.57. The molecule has 5 unspecified atom stereocenters. The summed E-state index contributed by atoms with van der Waals surface area (Å²) in [6.45, 7) is -0.501. The number of aliphatic hydroxyl groups excluding tert-OH is 3. The Morgan fingerprint density at radius 3 is 2.42 bits per heavy atom. The lowest BCUT2D eigenvalue weighted by molar-refractivity contribution is -0.210. The lowest BCUT2D eigenvalue weighted by Gasteiger charge is -2.36. The summed E-state index contributed by atoms with van der Waals surface area (Å²) in [6, 6.07) is 0. The number of ether oxygens (including phenoxy) is 1. The van der Waals surface area contributed by atoms with E-state index in [1.54, 1.807) is 0 Å². The fraction of sp³-hybridized carbons (Fsp3) is 1.00. The number of hydrogen-bond acceptors (Lipinski definition) is 5. The van der Waals surface area contributed by atoms with Gasteiger partial charge in [-0.25, -0.2) is 4.39 Å². The molecule has 1 aliphatic rings. The zero-order valence-corrected chi connectivity index (χ0v) is 6.30. The Hall–Kier alpha value is -0.270. The molecule has 0 aromatic heterocycles. The molecule has 1 heterocycles. The van der Waals surface area contributed by atoms with Crippen LogP contribution in [0.25, 0.3) is 0 Å². The monoisotopic (exact) mass is 181 g/mol. The summed E-state index contributed by atoms with van der Waals surface area (Å²) < 4.78 is 17.5. The lowest BCUT2D eigenvalue weighted by atomic mass is 10.00. The highest BCUT2D eigenvalue weighted by Crippen LogP contribution is 2.20. The number of rotatable bonds is 1. The van der Waals surface area contributed by atoms with Crippen molar-refractivity contribution in [1.82, 2.24) is 0 Å². The highest BCUT2D eigenvalue weighted by atomic mass is 19.1. The SMILES string of the molecule is NC1OC(CO)C(O)C(O)C1F. The summed E-state index contributed by atoms with van der Waals surface area (Å²) in [4.78, 5) is 0. The van der Waals surface area contributed by atoms with Gasteiger partial charge in [0.05, 0.1) is 6.61 Å². The first-order valence-electron chi connectivity index (χ1n) is 3.60. The van der Waals surface area contributed by atoms with Crippen LogP contribution < -0.4 is 5.73 Å². The Morgan fingerprint density at radius 1 is 1.33 bits per heavy atom. The van der Waals surface area contributed by atoms with E-state index < -0.39 is 37.3 Å². The Balaban J connectivity index is 2.63. The normalized spacial score (nSPS) is 49.2. The van der Waals surface area contributed by atoms with Crippen molar-refractivity contribution < 1.29 is 24.4 Å². The smallest absolute Gasteiger partial charge is 0.168 e. The zero-order chi connectivity index (χ0) is 9.30. The second kappa shape index (κ2) is 3.63. The molecule has 0 aromatic rings. The van der Waals surface area contributed by atoms with Gasteiger partial charge in [0, 0.05) is 0 Å². The van der Waals surface area contributed by atoms with Crippen LogP contribution >= 0.6 is 0 Å². The number of nitrogens with two attached hydrogens (primary N) is 1. The molecule has 0 radical (unpaired) electrons. The van der Waals surface area contributed by atoms with Crippen LogP contribution in [0.2, 0.25) is 0 Å². The quantitative estimate of drug-likeness (QED) is 0.365. The van der Waals surface area contributed by atoms with Gasteiger partial charge in [-0.2, -0.15) is 0 Å². The van der Waals surface area contributed by atoms with Gasteiger partial charge in [0.2, 0.25) is 0 Å². The molecule has 5 nitrogen and oxygen atoms in total. The summed E-state index contributed by atoms with van der Waals surface area (Å²) >= 11 is 0. The molecule has 1 fully saturated rings. The van der Waals surface area contributed by atoms with Gasteiger partial charge in [-0.15, -0.1) is 0 Å². The van der Waals surface area contributed by atoms with Gasteiger partial charge in [0.1, 0.15) is 24.5 Å². The summed E-state index contributed by atoms with van der Waals surface area (Å²) in [5.41, 5.74) is 5.12. The maximum atomic E-state index is 12.8. The number of aliphatic hydroxyl groups is 3. The van der Waals surface area contributed by atoms with Crippen molar-refractivity contribution in [2.75, 3.05) is 6.61 Å². The maximum absolute atomic E-state index is 12.8. The van der Waals surface area contributed by atoms with Crippen LogP contribution in [0.1, 0.15) is 0 Å². The highest BCUT2D eigenvalue weighted by molar-refractivity contribution is 4.89. The van der Waals surface area contributed by atoms with E-state index in [-0.39, 0.29) is 0 Å². The molecule has 0 aromatic carbocycles. The molecule has 5 atom stereocenters. The molecule has 5 N–H and O–H groups in total. The Morgan fingerprint density at radius 2 is 1.92 bits per heavy atom. The van der Waals surface area contributed by atoms with Crippen molar-refractivity contribution in [3.05, 3.63) is 0 Å². The molecule has 6 heteroatoms. The van der Waals surface area contributed by atoms with Crippen LogP contribution in [0.4, 0.5) is 4.39 Å². The molecular weight excluding hydrogens is 169 g/mol. The number of hydrogen-bond donors (Lipinski definition) is 4. The fourth-order valence-corrected chi connectivity index (χ4v) is 1.11. The van der Waals surface area contributed by atoms with Crippen molar-refractivity contribution in [1.29, 1.82) is 0 Å². The van der Waals surface area contributed by atoms with E-state index in [2.05, 4.69) is 4.74 Å². The van der Waals surface area contributed by atoms with Gasteiger partial charge in [0.15, 0.2) is 6.17 Å². The molecule has 0 spiro atoms. The third-order valence-corrected chi connectivity index (χ3v) is 1.88. The molecular formula is C6H12FNO4. The van der Waals surface area contributed by atoms with Crippen molar-refractivity contribution in [3.8, 4) is 0 Å². The molecule has 0 amide bonds. The molecule has 0 aliphatic carbocycles. The van der Waals surface area contributed by atoms with Gasteiger partial charge in [-0.1, -0.05) is 0 Å². The van der Waals surface area contributed by atoms with Crippen LogP contribution in [0.3, 0.4) is 0 Å². The first kappa shape index (κ1) is 9.82. The molecule has 72 valence electrons. The zero-order valence-electron chi connectivity index (χ0n) is 6.30. The first-order valence-corrected chi connectivity index (χ1v) is 3.60. The first-order chi connectivity index (χ1) is 5.57. The Bertz CT molecular complexity index is 154. The minimum absolute atomic E-state index is 0.501. The molecule has 0 saturated carbocycles.